The normalized spacial score (nSPS) is 11.9. The van der Waals surface area contributed by atoms with Crippen LogP contribution in [0, 0.1) is 0 Å². The monoisotopic (exact) mass is 275 g/mol. The number of hydrogen-bond acceptors (Lipinski definition) is 3. The summed E-state index contributed by atoms with van der Waals surface area (Å²) in [7, 11) is 1.66. The van der Waals surface area contributed by atoms with Crippen LogP contribution < -0.4 is 11.1 Å². The first-order valence-corrected chi connectivity index (χ1v) is 6.76. The molecule has 0 aliphatic carbocycles. The number of guanidine groups is 1. The first-order chi connectivity index (χ1) is 9.79. The lowest BCUT2D eigenvalue weighted by Crippen LogP contribution is -2.34. The highest BCUT2D eigenvalue weighted by atomic mass is 16.5. The van der Waals surface area contributed by atoms with Crippen molar-refractivity contribution in [3.05, 3.63) is 30.1 Å². The molecule has 0 amide bonds. The standard InChI is InChI=1S/C14H21N5O/c1-20-10-9-17-14(15)16-8-4-7-13-18-11-5-2-3-6-12(11)19-13/h2-3,5-6H,4,7-10H2,1H3,(H,18,19)(H3,15,16,17). The minimum Gasteiger partial charge on any atom is -0.383 e. The highest BCUT2D eigenvalue weighted by molar-refractivity contribution is 5.77. The van der Waals surface area contributed by atoms with Gasteiger partial charge in [0, 0.05) is 26.6 Å². The molecular formula is C14H21N5O. The Morgan fingerprint density at radius 2 is 2.30 bits per heavy atom. The number of aliphatic imine (C=N–C) groups is 1. The van der Waals surface area contributed by atoms with Crippen molar-refractivity contribution in [3.8, 4) is 0 Å². The molecule has 1 heterocycles. The molecule has 0 saturated carbocycles. The number of para-hydroxylation sites is 2. The Bertz CT molecular complexity index is 530. The van der Waals surface area contributed by atoms with Crippen molar-refractivity contribution in [1.82, 2.24) is 15.3 Å². The molecule has 0 saturated heterocycles. The summed E-state index contributed by atoms with van der Waals surface area (Å²) in [5.74, 6) is 1.46. The third-order valence-electron chi connectivity index (χ3n) is 2.90. The van der Waals surface area contributed by atoms with E-state index >= 15 is 0 Å². The largest absolute Gasteiger partial charge is 0.383 e. The van der Waals surface area contributed by atoms with Gasteiger partial charge in [-0.25, -0.2) is 4.98 Å². The van der Waals surface area contributed by atoms with Crippen LogP contribution in [0.3, 0.4) is 0 Å². The highest BCUT2D eigenvalue weighted by Crippen LogP contribution is 2.11. The maximum atomic E-state index is 5.72. The van der Waals surface area contributed by atoms with Crippen LogP contribution in [0.25, 0.3) is 11.0 Å². The summed E-state index contributed by atoms with van der Waals surface area (Å²) in [5.41, 5.74) is 7.80. The van der Waals surface area contributed by atoms with E-state index in [0.29, 0.717) is 25.7 Å². The van der Waals surface area contributed by atoms with Crippen molar-refractivity contribution in [2.24, 2.45) is 10.7 Å². The summed E-state index contributed by atoms with van der Waals surface area (Å²) >= 11 is 0. The number of methoxy groups -OCH3 is 1. The van der Waals surface area contributed by atoms with Crippen molar-refractivity contribution in [2.45, 2.75) is 12.8 Å². The van der Waals surface area contributed by atoms with Crippen LogP contribution in [0.2, 0.25) is 0 Å². The molecule has 4 N–H and O–H groups in total. The number of aromatic amines is 1. The van der Waals surface area contributed by atoms with Crippen molar-refractivity contribution >= 4 is 17.0 Å². The maximum absolute atomic E-state index is 5.72. The van der Waals surface area contributed by atoms with Crippen LogP contribution in [0.15, 0.2) is 29.3 Å². The molecule has 0 aliphatic heterocycles. The molecule has 0 bridgehead atoms. The van der Waals surface area contributed by atoms with Gasteiger partial charge in [0.25, 0.3) is 0 Å². The minimum atomic E-state index is 0.464. The first-order valence-electron chi connectivity index (χ1n) is 6.76. The van der Waals surface area contributed by atoms with Gasteiger partial charge < -0.3 is 20.8 Å². The van der Waals surface area contributed by atoms with Gasteiger partial charge in [-0.15, -0.1) is 0 Å². The van der Waals surface area contributed by atoms with Gasteiger partial charge >= 0.3 is 0 Å². The molecule has 1 aromatic heterocycles. The lowest BCUT2D eigenvalue weighted by atomic mass is 10.3. The zero-order valence-corrected chi connectivity index (χ0v) is 11.7. The number of hydrogen-bond donors (Lipinski definition) is 3. The fourth-order valence-corrected chi connectivity index (χ4v) is 1.91. The molecule has 6 nitrogen and oxygen atoms in total. The Balaban J connectivity index is 1.74. The van der Waals surface area contributed by atoms with E-state index in [2.05, 4.69) is 20.3 Å². The Morgan fingerprint density at radius 3 is 3.10 bits per heavy atom. The van der Waals surface area contributed by atoms with Gasteiger partial charge in [-0.3, -0.25) is 4.99 Å². The van der Waals surface area contributed by atoms with Gasteiger partial charge in [0.1, 0.15) is 5.82 Å². The fourth-order valence-electron chi connectivity index (χ4n) is 1.91. The Morgan fingerprint density at radius 1 is 1.45 bits per heavy atom. The van der Waals surface area contributed by atoms with Crippen LogP contribution in [-0.2, 0) is 11.2 Å². The smallest absolute Gasteiger partial charge is 0.188 e. The van der Waals surface area contributed by atoms with Crippen LogP contribution >= 0.6 is 0 Å². The number of fused-ring (bicyclic) bond motifs is 1. The van der Waals surface area contributed by atoms with E-state index in [-0.39, 0.29) is 0 Å². The fraction of sp³-hybridized carbons (Fsp3) is 0.429. The minimum absolute atomic E-state index is 0.464. The van der Waals surface area contributed by atoms with E-state index in [1.165, 1.54) is 0 Å². The zero-order chi connectivity index (χ0) is 14.2. The molecule has 0 atom stereocenters. The van der Waals surface area contributed by atoms with Gasteiger partial charge in [-0.2, -0.15) is 0 Å². The molecule has 0 radical (unpaired) electrons. The molecule has 2 aromatic rings. The van der Waals surface area contributed by atoms with Crippen molar-refractivity contribution in [1.29, 1.82) is 0 Å². The number of aryl methyl sites for hydroxylation is 1. The quantitative estimate of drug-likeness (QED) is 0.400. The maximum Gasteiger partial charge on any atom is 0.188 e. The summed E-state index contributed by atoms with van der Waals surface area (Å²) in [6.45, 7) is 1.98. The van der Waals surface area contributed by atoms with E-state index in [4.69, 9.17) is 10.5 Å². The van der Waals surface area contributed by atoms with Crippen LogP contribution in [0.4, 0.5) is 0 Å². The summed E-state index contributed by atoms with van der Waals surface area (Å²) in [6, 6.07) is 8.03. The van der Waals surface area contributed by atoms with E-state index < -0.39 is 0 Å². The number of nitrogens with zero attached hydrogens (tertiary/aromatic N) is 2. The number of nitrogens with one attached hydrogen (secondary N) is 2. The van der Waals surface area contributed by atoms with Crippen LogP contribution in [-0.4, -0.2) is 42.7 Å². The van der Waals surface area contributed by atoms with Gasteiger partial charge in [0.05, 0.1) is 17.6 Å². The SMILES string of the molecule is COCCNC(N)=NCCCc1nc2ccccc2[nH]1. The molecule has 0 aliphatic rings. The molecule has 0 unspecified atom stereocenters. The third kappa shape index (κ3) is 4.24. The molecule has 1 aromatic carbocycles. The number of ether oxygens (including phenoxy) is 1. The summed E-state index contributed by atoms with van der Waals surface area (Å²) < 4.78 is 4.92. The van der Waals surface area contributed by atoms with Gasteiger partial charge in [-0.1, -0.05) is 12.1 Å². The highest BCUT2D eigenvalue weighted by Gasteiger charge is 2.01. The third-order valence-corrected chi connectivity index (χ3v) is 2.90. The Kier molecular flexibility index (Phi) is 5.37. The van der Waals surface area contributed by atoms with Gasteiger partial charge in [0.2, 0.25) is 0 Å². The molecule has 0 spiro atoms. The lowest BCUT2D eigenvalue weighted by molar-refractivity contribution is 0.204. The average Bonchev–Trinajstić information content (AvgIpc) is 2.86. The zero-order valence-electron chi connectivity index (χ0n) is 11.7. The summed E-state index contributed by atoms with van der Waals surface area (Å²) in [6.07, 6.45) is 1.77. The van der Waals surface area contributed by atoms with Crippen molar-refractivity contribution in [2.75, 3.05) is 26.8 Å². The molecular weight excluding hydrogens is 254 g/mol. The molecule has 6 heteroatoms. The predicted molar refractivity (Wildman–Crippen MR) is 80.8 cm³/mol. The van der Waals surface area contributed by atoms with E-state index in [0.717, 1.165) is 29.7 Å². The Labute approximate surface area is 118 Å². The second-order valence-electron chi connectivity index (χ2n) is 4.49. The van der Waals surface area contributed by atoms with Gasteiger partial charge in [0.15, 0.2) is 5.96 Å². The lowest BCUT2D eigenvalue weighted by Gasteiger charge is -2.04. The number of H-pyrrole nitrogens is 1. The first kappa shape index (κ1) is 14.3. The van der Waals surface area contributed by atoms with E-state index in [9.17, 15) is 0 Å². The number of rotatable bonds is 7. The van der Waals surface area contributed by atoms with Crippen LogP contribution in [0.1, 0.15) is 12.2 Å². The van der Waals surface area contributed by atoms with E-state index in [1.54, 1.807) is 7.11 Å². The average molecular weight is 275 g/mol. The predicted octanol–water partition coefficient (Wildman–Crippen LogP) is 1.05. The van der Waals surface area contributed by atoms with Crippen molar-refractivity contribution in [3.63, 3.8) is 0 Å². The summed E-state index contributed by atoms with van der Waals surface area (Å²) in [4.78, 5) is 12.1. The number of aromatic nitrogens is 2. The summed E-state index contributed by atoms with van der Waals surface area (Å²) in [5, 5.41) is 2.98. The molecule has 108 valence electrons. The second-order valence-corrected chi connectivity index (χ2v) is 4.49. The second kappa shape index (κ2) is 7.49. The number of imidazole rings is 1. The Hall–Kier alpha value is -2.08. The molecule has 0 fully saturated rings. The van der Waals surface area contributed by atoms with Crippen molar-refractivity contribution < 1.29 is 4.74 Å². The number of nitrogens with two attached hydrogens (primary N) is 1. The molecule has 2 rings (SSSR count). The van der Waals surface area contributed by atoms with E-state index in [1.807, 2.05) is 24.3 Å². The van der Waals surface area contributed by atoms with Gasteiger partial charge in [-0.05, 0) is 18.6 Å². The van der Waals surface area contributed by atoms with Crippen LogP contribution in [0.5, 0.6) is 0 Å². The molecule has 20 heavy (non-hydrogen) atoms. The number of benzene rings is 1. The topological polar surface area (TPSA) is 88.3 Å².